The van der Waals surface area contributed by atoms with Gasteiger partial charge in [0.25, 0.3) is 0 Å². The van der Waals surface area contributed by atoms with Gasteiger partial charge >= 0.3 is 12.1 Å². The molecule has 0 spiro atoms. The van der Waals surface area contributed by atoms with Gasteiger partial charge in [-0.1, -0.05) is 0 Å². The molecule has 25 heavy (non-hydrogen) atoms. The van der Waals surface area contributed by atoms with Crippen LogP contribution in [0.1, 0.15) is 44.0 Å². The van der Waals surface area contributed by atoms with Gasteiger partial charge in [0.2, 0.25) is 0 Å². The summed E-state index contributed by atoms with van der Waals surface area (Å²) in [5, 5.41) is 0. The van der Waals surface area contributed by atoms with E-state index >= 15 is 0 Å². The van der Waals surface area contributed by atoms with E-state index in [1.54, 1.807) is 32.9 Å². The lowest BCUT2D eigenvalue weighted by molar-refractivity contribution is -0.139. The number of aldehydes is 1. The van der Waals surface area contributed by atoms with Gasteiger partial charge in [-0.05, 0) is 51.8 Å². The fourth-order valence-electron chi connectivity index (χ4n) is 2.57. The zero-order valence-corrected chi connectivity index (χ0v) is 14.9. The van der Waals surface area contributed by atoms with Gasteiger partial charge in [-0.25, -0.2) is 9.59 Å². The summed E-state index contributed by atoms with van der Waals surface area (Å²) < 4.78 is 15.9. The van der Waals surface area contributed by atoms with Crippen LogP contribution in [0.5, 0.6) is 11.5 Å². The minimum absolute atomic E-state index is 0.146. The molecule has 7 heteroatoms. The molecule has 0 bridgehead atoms. The second-order valence-electron chi connectivity index (χ2n) is 6.78. The predicted molar refractivity (Wildman–Crippen MR) is 90.0 cm³/mol. The molecule has 1 saturated heterocycles. The molecule has 1 heterocycles. The maximum Gasteiger partial charge on any atom is 0.411 e. The second kappa shape index (κ2) is 7.55. The summed E-state index contributed by atoms with van der Waals surface area (Å²) in [5.74, 6) is -0.0985. The Balaban J connectivity index is 2.14. The molecule has 136 valence electrons. The molecule has 1 atom stereocenters. The number of nitrogens with zero attached hydrogens (tertiary/aromatic N) is 1. The largest absolute Gasteiger partial charge is 0.493 e. The quantitative estimate of drug-likeness (QED) is 0.472. The van der Waals surface area contributed by atoms with E-state index in [2.05, 4.69) is 0 Å². The van der Waals surface area contributed by atoms with E-state index in [4.69, 9.17) is 14.2 Å². The number of likely N-dealkylation sites (tertiary alicyclic amines) is 1. The van der Waals surface area contributed by atoms with Gasteiger partial charge in [0.1, 0.15) is 17.9 Å². The van der Waals surface area contributed by atoms with Crippen LogP contribution in [0, 0.1) is 0 Å². The third-order valence-corrected chi connectivity index (χ3v) is 3.69. The molecule has 0 N–H and O–H groups in total. The monoisotopic (exact) mass is 349 g/mol. The highest BCUT2D eigenvalue weighted by atomic mass is 16.6. The van der Waals surface area contributed by atoms with Crippen molar-refractivity contribution in [2.24, 2.45) is 0 Å². The molecule has 0 unspecified atom stereocenters. The average Bonchev–Trinajstić information content (AvgIpc) is 3.03. The number of carbonyl (C=O) groups excluding carboxylic acids is 3. The molecular weight excluding hydrogens is 326 g/mol. The highest BCUT2D eigenvalue weighted by Gasteiger charge is 2.38. The van der Waals surface area contributed by atoms with Crippen molar-refractivity contribution in [2.75, 3.05) is 13.7 Å². The van der Waals surface area contributed by atoms with E-state index < -0.39 is 23.7 Å². The molecule has 2 rings (SSSR count). The van der Waals surface area contributed by atoms with E-state index in [-0.39, 0.29) is 5.75 Å². The van der Waals surface area contributed by atoms with Gasteiger partial charge in [-0.3, -0.25) is 9.69 Å². The normalized spacial score (nSPS) is 17.1. The number of benzene rings is 1. The molecule has 0 aromatic heterocycles. The average molecular weight is 349 g/mol. The summed E-state index contributed by atoms with van der Waals surface area (Å²) >= 11 is 0. The molecular formula is C18H23NO6. The SMILES string of the molecule is COc1ccc(C=O)cc1OC(=O)[C@@H]1CCCN1C(=O)OC(C)(C)C. The number of hydrogen-bond donors (Lipinski definition) is 0. The van der Waals surface area contributed by atoms with Gasteiger partial charge in [0, 0.05) is 12.1 Å². The van der Waals surface area contributed by atoms with Gasteiger partial charge in [0.05, 0.1) is 7.11 Å². The highest BCUT2D eigenvalue weighted by Crippen LogP contribution is 2.29. The van der Waals surface area contributed by atoms with Crippen molar-refractivity contribution >= 4 is 18.3 Å². The first-order chi connectivity index (χ1) is 11.7. The second-order valence-corrected chi connectivity index (χ2v) is 6.78. The van der Waals surface area contributed by atoms with Crippen LogP contribution < -0.4 is 9.47 Å². The van der Waals surface area contributed by atoms with Gasteiger partial charge in [-0.2, -0.15) is 0 Å². The molecule has 1 fully saturated rings. The molecule has 1 aromatic rings. The number of methoxy groups -OCH3 is 1. The maximum absolute atomic E-state index is 12.5. The van der Waals surface area contributed by atoms with E-state index in [0.717, 1.165) is 0 Å². The van der Waals surface area contributed by atoms with Crippen LogP contribution in [0.15, 0.2) is 18.2 Å². The van der Waals surface area contributed by atoms with Crippen molar-refractivity contribution in [3.8, 4) is 11.5 Å². The first-order valence-electron chi connectivity index (χ1n) is 8.09. The zero-order chi connectivity index (χ0) is 18.6. The van der Waals surface area contributed by atoms with Crippen molar-refractivity contribution in [2.45, 2.75) is 45.3 Å². The van der Waals surface area contributed by atoms with E-state index in [1.165, 1.54) is 18.1 Å². The van der Waals surface area contributed by atoms with Crippen LogP contribution in [0.25, 0.3) is 0 Å². The smallest absolute Gasteiger partial charge is 0.411 e. The fraction of sp³-hybridized carbons (Fsp3) is 0.500. The predicted octanol–water partition coefficient (Wildman–Crippen LogP) is 2.81. The van der Waals surface area contributed by atoms with Crippen LogP contribution in [0.2, 0.25) is 0 Å². The summed E-state index contributed by atoms with van der Waals surface area (Å²) in [6, 6.07) is 3.81. The Morgan fingerprint density at radius 2 is 1.96 bits per heavy atom. The van der Waals surface area contributed by atoms with Crippen LogP contribution >= 0.6 is 0 Å². The van der Waals surface area contributed by atoms with Crippen LogP contribution in [-0.2, 0) is 9.53 Å². The number of esters is 1. The first kappa shape index (κ1) is 18.8. The Kier molecular flexibility index (Phi) is 5.66. The van der Waals surface area contributed by atoms with E-state index in [0.29, 0.717) is 37.0 Å². The van der Waals surface area contributed by atoms with Crippen molar-refractivity contribution in [1.82, 2.24) is 4.90 Å². The van der Waals surface area contributed by atoms with E-state index in [1.807, 2.05) is 0 Å². The lowest BCUT2D eigenvalue weighted by Crippen LogP contribution is -2.44. The van der Waals surface area contributed by atoms with Crippen LogP contribution in [0.3, 0.4) is 0 Å². The molecule has 1 aromatic carbocycles. The molecule has 0 saturated carbocycles. The third kappa shape index (κ3) is 4.71. The number of rotatable bonds is 4. The first-order valence-corrected chi connectivity index (χ1v) is 8.09. The summed E-state index contributed by atoms with van der Waals surface area (Å²) in [6.45, 7) is 5.73. The number of amides is 1. The summed E-state index contributed by atoms with van der Waals surface area (Å²) in [5.41, 5.74) is -0.283. The molecule has 1 amide bonds. The molecule has 0 aliphatic carbocycles. The summed E-state index contributed by atoms with van der Waals surface area (Å²) in [4.78, 5) is 37.1. The molecule has 7 nitrogen and oxygen atoms in total. The number of hydrogen-bond acceptors (Lipinski definition) is 6. The topological polar surface area (TPSA) is 82.1 Å². The highest BCUT2D eigenvalue weighted by molar-refractivity contribution is 5.85. The Bertz CT molecular complexity index is 664. The minimum Gasteiger partial charge on any atom is -0.493 e. The zero-order valence-electron chi connectivity index (χ0n) is 14.9. The van der Waals surface area contributed by atoms with Gasteiger partial charge < -0.3 is 14.2 Å². The number of ether oxygens (including phenoxy) is 3. The van der Waals surface area contributed by atoms with Gasteiger partial charge in [-0.15, -0.1) is 0 Å². The minimum atomic E-state index is -0.723. The Morgan fingerprint density at radius 1 is 1.24 bits per heavy atom. The summed E-state index contributed by atoms with van der Waals surface area (Å²) in [7, 11) is 1.44. The maximum atomic E-state index is 12.5. The molecule has 1 aliphatic heterocycles. The van der Waals surface area contributed by atoms with Crippen molar-refractivity contribution in [1.29, 1.82) is 0 Å². The lowest BCUT2D eigenvalue weighted by atomic mass is 10.2. The lowest BCUT2D eigenvalue weighted by Gasteiger charge is -2.27. The number of carbonyl (C=O) groups is 3. The van der Waals surface area contributed by atoms with Crippen molar-refractivity contribution < 1.29 is 28.6 Å². The van der Waals surface area contributed by atoms with Crippen LogP contribution in [0.4, 0.5) is 4.79 Å². The van der Waals surface area contributed by atoms with Crippen molar-refractivity contribution in [3.05, 3.63) is 23.8 Å². The molecule has 1 aliphatic rings. The summed E-state index contributed by atoms with van der Waals surface area (Å²) in [6.07, 6.45) is 1.29. The van der Waals surface area contributed by atoms with Crippen molar-refractivity contribution in [3.63, 3.8) is 0 Å². The Morgan fingerprint density at radius 3 is 2.56 bits per heavy atom. The van der Waals surface area contributed by atoms with E-state index in [9.17, 15) is 14.4 Å². The van der Waals surface area contributed by atoms with Gasteiger partial charge in [0.15, 0.2) is 11.5 Å². The molecule has 0 radical (unpaired) electrons. The standard InChI is InChI=1S/C18H23NO6/c1-18(2,3)25-17(22)19-9-5-6-13(19)16(21)24-15-10-12(11-20)7-8-14(15)23-4/h7-8,10-11,13H,5-6,9H2,1-4H3/t13-/m0/s1. The Hall–Kier alpha value is -2.57. The van der Waals surface area contributed by atoms with Crippen LogP contribution in [-0.4, -0.2) is 48.5 Å². The Labute approximate surface area is 146 Å². The fourth-order valence-corrected chi connectivity index (χ4v) is 2.57. The third-order valence-electron chi connectivity index (χ3n) is 3.69.